The molecule has 1 amide bonds. The van der Waals surface area contributed by atoms with Gasteiger partial charge in [-0.2, -0.15) is 0 Å². The number of benzene rings is 3. The van der Waals surface area contributed by atoms with Crippen molar-refractivity contribution in [3.05, 3.63) is 89.7 Å². The molecule has 1 heterocycles. The van der Waals surface area contributed by atoms with Crippen molar-refractivity contribution in [2.45, 2.75) is 6.54 Å². The van der Waals surface area contributed by atoms with E-state index in [1.165, 1.54) is 0 Å². The van der Waals surface area contributed by atoms with Gasteiger partial charge in [0.2, 0.25) is 0 Å². The van der Waals surface area contributed by atoms with Gasteiger partial charge in [-0.15, -0.1) is 0 Å². The van der Waals surface area contributed by atoms with Crippen LogP contribution in [0.15, 0.2) is 78.6 Å². The number of fused-ring (bicyclic) bond motifs is 1. The summed E-state index contributed by atoms with van der Waals surface area (Å²) in [7, 11) is 1.62. The Labute approximate surface area is 163 Å². The van der Waals surface area contributed by atoms with E-state index in [1.54, 1.807) is 36.3 Å². The van der Waals surface area contributed by atoms with Crippen molar-refractivity contribution in [1.29, 1.82) is 0 Å². The molecule has 0 atom stereocenters. The van der Waals surface area contributed by atoms with Gasteiger partial charge in [0.1, 0.15) is 5.75 Å². The number of amides is 1. The van der Waals surface area contributed by atoms with Gasteiger partial charge in [-0.3, -0.25) is 9.69 Å². The summed E-state index contributed by atoms with van der Waals surface area (Å²) in [4.78, 5) is 14.9. The molecule has 0 radical (unpaired) electrons. The third kappa shape index (κ3) is 3.55. The highest BCUT2D eigenvalue weighted by atomic mass is 16.5. The molecule has 0 aliphatic carbocycles. The molecule has 2 N–H and O–H groups in total. The topological polar surface area (TPSA) is 64.8 Å². The highest BCUT2D eigenvalue weighted by Gasteiger charge is 2.30. The average molecular weight is 372 g/mol. The summed E-state index contributed by atoms with van der Waals surface area (Å²) in [5.74, 6) is 1.41. The Balaban J connectivity index is 1.73. The van der Waals surface area contributed by atoms with Crippen molar-refractivity contribution >= 4 is 23.4 Å². The molecule has 0 unspecified atom stereocenters. The molecule has 0 saturated carbocycles. The first-order chi connectivity index (χ1) is 13.6. The van der Waals surface area contributed by atoms with Crippen LogP contribution in [0.5, 0.6) is 11.5 Å². The summed E-state index contributed by atoms with van der Waals surface area (Å²) in [6.07, 6.45) is 1.74. The normalized spacial score (nSPS) is 14.5. The number of nitrogens with zero attached hydrogens (tertiary/aromatic N) is 1. The molecule has 5 heteroatoms. The predicted octanol–water partition coefficient (Wildman–Crippen LogP) is 4.24. The summed E-state index contributed by atoms with van der Waals surface area (Å²) in [6.45, 7) is 0.430. The van der Waals surface area contributed by atoms with Crippen molar-refractivity contribution in [3.8, 4) is 11.5 Å². The van der Waals surface area contributed by atoms with Crippen LogP contribution in [0.3, 0.4) is 0 Å². The fraction of sp³-hybridized carbons (Fsp3) is 0.0870. The smallest absolute Gasteiger partial charge is 0.294 e. The van der Waals surface area contributed by atoms with Gasteiger partial charge < -0.3 is 15.2 Å². The molecule has 4 rings (SSSR count). The molecule has 5 nitrogen and oxygen atoms in total. The van der Waals surface area contributed by atoms with Crippen LogP contribution in [-0.4, -0.2) is 13.0 Å². The molecule has 28 heavy (non-hydrogen) atoms. The molecular weight excluding hydrogens is 352 g/mol. The number of carbonyl (C=O) groups excluding carboxylic acids is 1. The van der Waals surface area contributed by atoms with Crippen LogP contribution in [0.1, 0.15) is 11.1 Å². The fourth-order valence-electron chi connectivity index (χ4n) is 3.10. The monoisotopic (exact) mass is 372 g/mol. The Bertz CT molecular complexity index is 1030. The lowest BCUT2D eigenvalue weighted by atomic mass is 10.1. The SMILES string of the molecule is COc1ccc(/C=C2/Oc3ccc(N)cc3N(Cc3ccccc3)C2=O)cc1. The van der Waals surface area contributed by atoms with E-state index in [-0.39, 0.29) is 11.7 Å². The second-order valence-electron chi connectivity index (χ2n) is 6.49. The Hall–Kier alpha value is -3.73. The first-order valence-electron chi connectivity index (χ1n) is 8.93. The van der Waals surface area contributed by atoms with Crippen molar-refractivity contribution in [3.63, 3.8) is 0 Å². The van der Waals surface area contributed by atoms with Crippen LogP contribution < -0.4 is 20.1 Å². The Morgan fingerprint density at radius 1 is 1.04 bits per heavy atom. The largest absolute Gasteiger partial charge is 0.497 e. The number of methoxy groups -OCH3 is 1. The number of nitrogens with two attached hydrogens (primary N) is 1. The molecule has 3 aromatic carbocycles. The third-order valence-corrected chi connectivity index (χ3v) is 4.55. The van der Waals surface area contributed by atoms with E-state index in [2.05, 4.69) is 0 Å². The number of nitrogen functional groups attached to an aromatic ring is 1. The van der Waals surface area contributed by atoms with Crippen LogP contribution in [0.25, 0.3) is 6.08 Å². The van der Waals surface area contributed by atoms with Gasteiger partial charge in [-0.1, -0.05) is 42.5 Å². The third-order valence-electron chi connectivity index (χ3n) is 4.55. The maximum atomic E-state index is 13.2. The first kappa shape index (κ1) is 17.7. The number of carbonyl (C=O) groups is 1. The van der Waals surface area contributed by atoms with Gasteiger partial charge in [-0.25, -0.2) is 0 Å². The minimum atomic E-state index is -0.210. The van der Waals surface area contributed by atoms with Gasteiger partial charge in [-0.05, 0) is 47.5 Å². The van der Waals surface area contributed by atoms with Crippen molar-refractivity contribution in [2.75, 3.05) is 17.7 Å². The molecule has 0 saturated heterocycles. The fourth-order valence-corrected chi connectivity index (χ4v) is 3.10. The molecule has 1 aliphatic rings. The van der Waals surface area contributed by atoms with Crippen LogP contribution in [0, 0.1) is 0 Å². The van der Waals surface area contributed by atoms with E-state index in [0.717, 1.165) is 16.9 Å². The lowest BCUT2D eigenvalue weighted by Crippen LogP contribution is -2.36. The molecular formula is C23H20N2O3. The Morgan fingerprint density at radius 3 is 2.50 bits per heavy atom. The molecule has 0 fully saturated rings. The van der Waals surface area contributed by atoms with E-state index in [0.29, 0.717) is 23.7 Å². The van der Waals surface area contributed by atoms with E-state index >= 15 is 0 Å². The summed E-state index contributed by atoms with van der Waals surface area (Å²) >= 11 is 0. The zero-order valence-electron chi connectivity index (χ0n) is 15.5. The summed E-state index contributed by atoms with van der Waals surface area (Å²) < 4.78 is 11.1. The molecule has 1 aliphatic heterocycles. The number of hydrogen-bond donors (Lipinski definition) is 1. The Morgan fingerprint density at radius 2 is 1.79 bits per heavy atom. The van der Waals surface area contributed by atoms with Crippen LogP contribution in [0.4, 0.5) is 11.4 Å². The van der Waals surface area contributed by atoms with Gasteiger partial charge in [0, 0.05) is 5.69 Å². The predicted molar refractivity (Wildman–Crippen MR) is 110 cm³/mol. The molecule has 0 spiro atoms. The van der Waals surface area contributed by atoms with E-state index < -0.39 is 0 Å². The minimum Gasteiger partial charge on any atom is -0.497 e. The lowest BCUT2D eigenvalue weighted by molar-refractivity contribution is -0.117. The number of rotatable bonds is 4. The van der Waals surface area contributed by atoms with Crippen molar-refractivity contribution in [1.82, 2.24) is 0 Å². The van der Waals surface area contributed by atoms with Crippen molar-refractivity contribution < 1.29 is 14.3 Å². The highest BCUT2D eigenvalue weighted by molar-refractivity contribution is 6.10. The zero-order chi connectivity index (χ0) is 19.5. The second kappa shape index (κ2) is 7.48. The average Bonchev–Trinajstić information content (AvgIpc) is 2.73. The quantitative estimate of drug-likeness (QED) is 0.549. The van der Waals surface area contributed by atoms with Gasteiger partial charge in [0.05, 0.1) is 19.3 Å². The van der Waals surface area contributed by atoms with E-state index in [4.69, 9.17) is 15.2 Å². The van der Waals surface area contributed by atoms with Crippen LogP contribution >= 0.6 is 0 Å². The molecule has 140 valence electrons. The molecule has 3 aromatic rings. The Kier molecular flexibility index (Phi) is 4.72. The summed E-state index contributed by atoms with van der Waals surface area (Å²) in [5.41, 5.74) is 9.07. The number of ether oxygens (including phenoxy) is 2. The summed E-state index contributed by atoms with van der Waals surface area (Å²) in [5, 5.41) is 0. The zero-order valence-corrected chi connectivity index (χ0v) is 15.5. The standard InChI is InChI=1S/C23H20N2O3/c1-27-19-10-7-16(8-11-19)13-22-23(26)25(15-17-5-3-2-4-6-17)20-14-18(24)9-12-21(20)28-22/h2-14H,15,24H2,1H3/b22-13+. The first-order valence-corrected chi connectivity index (χ1v) is 8.93. The summed E-state index contributed by atoms with van der Waals surface area (Å²) in [6, 6.07) is 22.6. The number of anilines is 2. The second-order valence-corrected chi connectivity index (χ2v) is 6.49. The maximum Gasteiger partial charge on any atom is 0.294 e. The van der Waals surface area contributed by atoms with Gasteiger partial charge >= 0.3 is 0 Å². The van der Waals surface area contributed by atoms with Crippen molar-refractivity contribution in [2.24, 2.45) is 0 Å². The van der Waals surface area contributed by atoms with Crippen LogP contribution in [-0.2, 0) is 11.3 Å². The lowest BCUT2D eigenvalue weighted by Gasteiger charge is -2.31. The molecule has 0 aromatic heterocycles. The maximum absolute atomic E-state index is 13.2. The van der Waals surface area contributed by atoms with Gasteiger partial charge in [0.25, 0.3) is 5.91 Å². The minimum absolute atomic E-state index is 0.210. The molecule has 0 bridgehead atoms. The van der Waals surface area contributed by atoms with E-state index in [9.17, 15) is 4.79 Å². The van der Waals surface area contributed by atoms with Gasteiger partial charge in [0.15, 0.2) is 11.5 Å². The van der Waals surface area contributed by atoms with Crippen LogP contribution in [0.2, 0.25) is 0 Å². The highest BCUT2D eigenvalue weighted by Crippen LogP contribution is 2.38. The number of hydrogen-bond acceptors (Lipinski definition) is 4. The van der Waals surface area contributed by atoms with E-state index in [1.807, 2.05) is 54.6 Å².